The number of nitrogens with zero attached hydrogens (tertiary/aromatic N) is 1. The summed E-state index contributed by atoms with van der Waals surface area (Å²) in [6, 6.07) is -1.10. The number of aliphatic hydroxyl groups excluding tert-OH is 2. The number of allylic oxidation sites excluding steroid dienone is 6. The molecule has 4 aliphatic rings. The van der Waals surface area contributed by atoms with Crippen molar-refractivity contribution in [2.45, 2.75) is 181 Å². The molecule has 0 spiro atoms. The van der Waals surface area contributed by atoms with Crippen LogP contribution in [0, 0.1) is 41.4 Å². The third-order valence-corrected chi connectivity index (χ3v) is 14.9. The third kappa shape index (κ3) is 13.9. The summed E-state index contributed by atoms with van der Waals surface area (Å²) in [7, 11) is 3.19. The Labute approximate surface area is 383 Å². The molecule has 1 amide bonds. The number of rotatable bonds is 5. The molecule has 12 heteroatoms. The van der Waals surface area contributed by atoms with Gasteiger partial charge in [0.05, 0.1) is 30.5 Å². The monoisotopic (exact) mass is 896 g/mol. The van der Waals surface area contributed by atoms with Crippen LogP contribution in [0.15, 0.2) is 59.8 Å². The Bertz CT molecular complexity index is 1730. The van der Waals surface area contributed by atoms with Gasteiger partial charge in [-0.15, -0.1) is 0 Å². The minimum atomic E-state index is -2.40. The summed E-state index contributed by atoms with van der Waals surface area (Å²) < 4.78 is 23.9. The normalized spacial score (nSPS) is 40.9. The van der Waals surface area contributed by atoms with Gasteiger partial charge in [0, 0.05) is 51.4 Å². The first kappa shape index (κ1) is 53.4. The Hall–Kier alpha value is -3.26. The molecule has 2 bridgehead atoms. The zero-order chi connectivity index (χ0) is 47.5. The number of hydrogen-bond donors (Lipinski definition) is 3. The minimum absolute atomic E-state index is 0.0971. The highest BCUT2D eigenvalue weighted by molar-refractivity contribution is 6.39. The van der Waals surface area contributed by atoms with E-state index < -0.39 is 65.7 Å². The highest BCUT2D eigenvalue weighted by Gasteiger charge is 2.53. The van der Waals surface area contributed by atoms with Gasteiger partial charge >= 0.3 is 5.97 Å². The minimum Gasteiger partial charge on any atom is -0.460 e. The molecule has 0 aromatic carbocycles. The van der Waals surface area contributed by atoms with E-state index in [1.165, 1.54) is 4.90 Å². The maximum Gasteiger partial charge on any atom is 0.329 e. The molecule has 0 aromatic rings. The maximum absolute atomic E-state index is 14.4. The fraction of sp³-hybridized carbons (Fsp3) is 0.731. The number of hydrogen-bond acceptors (Lipinski definition) is 11. The van der Waals surface area contributed by atoms with Crippen LogP contribution in [0.5, 0.6) is 0 Å². The number of fused-ring (bicyclic) bond motifs is 3. The third-order valence-electron chi connectivity index (χ3n) is 14.9. The quantitative estimate of drug-likeness (QED) is 0.140. The summed E-state index contributed by atoms with van der Waals surface area (Å²) in [6.07, 6.45) is 14.3. The van der Waals surface area contributed by atoms with Gasteiger partial charge in [0.2, 0.25) is 5.79 Å². The highest BCUT2D eigenvalue weighted by Crippen LogP contribution is 2.38. The average Bonchev–Trinajstić information content (AvgIpc) is 3.27. The largest absolute Gasteiger partial charge is 0.460 e. The number of piperidine rings is 1. The average molecular weight is 896 g/mol. The molecule has 3 N–H and O–H groups in total. The molecule has 3 aliphatic heterocycles. The molecule has 1 aliphatic carbocycles. The molecule has 64 heavy (non-hydrogen) atoms. The Kier molecular flexibility index (Phi) is 20.4. The molecule has 15 atom stereocenters. The molecule has 0 aromatic heterocycles. The van der Waals surface area contributed by atoms with Gasteiger partial charge in [-0.25, -0.2) is 4.79 Å². The number of carbonyl (C=O) groups excluding carboxylic acids is 4. The van der Waals surface area contributed by atoms with Crippen LogP contribution in [0.2, 0.25) is 0 Å². The Morgan fingerprint density at radius 2 is 1.61 bits per heavy atom. The highest BCUT2D eigenvalue weighted by atomic mass is 16.6. The van der Waals surface area contributed by atoms with Crippen LogP contribution in [0.1, 0.15) is 132 Å². The second-order valence-corrected chi connectivity index (χ2v) is 19.9. The number of Topliss-reactive ketones (excluding diaryl/α,β-unsaturated/α-hetero) is 2. The summed E-state index contributed by atoms with van der Waals surface area (Å²) in [5, 5.41) is 33.9. The van der Waals surface area contributed by atoms with Crippen molar-refractivity contribution in [3.8, 4) is 0 Å². The first-order chi connectivity index (χ1) is 30.2. The Morgan fingerprint density at radius 1 is 0.891 bits per heavy atom. The number of methoxy groups -OCH3 is 2. The second-order valence-electron chi connectivity index (χ2n) is 19.9. The summed E-state index contributed by atoms with van der Waals surface area (Å²) in [6.45, 7) is 19.9. The van der Waals surface area contributed by atoms with Crippen molar-refractivity contribution in [1.29, 1.82) is 0 Å². The summed E-state index contributed by atoms with van der Waals surface area (Å²) in [5.74, 6) is -6.72. The van der Waals surface area contributed by atoms with Gasteiger partial charge in [-0.3, -0.25) is 14.4 Å². The van der Waals surface area contributed by atoms with Gasteiger partial charge in [0.25, 0.3) is 11.7 Å². The van der Waals surface area contributed by atoms with Crippen molar-refractivity contribution >= 4 is 23.4 Å². The van der Waals surface area contributed by atoms with Crippen molar-refractivity contribution in [3.63, 3.8) is 0 Å². The molecule has 2 saturated heterocycles. The summed E-state index contributed by atoms with van der Waals surface area (Å²) in [5.41, 5.74) is 2.51. The molecule has 0 radical (unpaired) electrons. The van der Waals surface area contributed by atoms with E-state index >= 15 is 0 Å². The number of carbonyl (C=O) groups is 4. The smallest absolute Gasteiger partial charge is 0.329 e. The van der Waals surface area contributed by atoms with Crippen LogP contribution in [0.4, 0.5) is 0 Å². The molecule has 360 valence electrons. The molecular weight excluding hydrogens is 815 g/mol. The van der Waals surface area contributed by atoms with Crippen LogP contribution in [-0.4, -0.2) is 113 Å². The van der Waals surface area contributed by atoms with Crippen LogP contribution < -0.4 is 0 Å². The lowest BCUT2D eigenvalue weighted by Gasteiger charge is -2.42. The number of esters is 1. The Balaban J connectivity index is 1.69. The number of aliphatic hydroxyl groups is 3. The first-order valence-electron chi connectivity index (χ1n) is 24.0. The van der Waals surface area contributed by atoms with Crippen molar-refractivity contribution in [1.82, 2.24) is 4.90 Å². The van der Waals surface area contributed by atoms with E-state index in [2.05, 4.69) is 26.5 Å². The van der Waals surface area contributed by atoms with E-state index in [0.717, 1.165) is 24.0 Å². The molecule has 1 saturated carbocycles. The van der Waals surface area contributed by atoms with E-state index in [9.17, 15) is 34.5 Å². The van der Waals surface area contributed by atoms with Crippen LogP contribution >= 0.6 is 0 Å². The number of amides is 1. The van der Waals surface area contributed by atoms with E-state index in [4.69, 9.17) is 18.9 Å². The summed E-state index contributed by atoms with van der Waals surface area (Å²) >= 11 is 0. The lowest BCUT2D eigenvalue weighted by atomic mass is 9.78. The zero-order valence-electron chi connectivity index (χ0n) is 40.5. The van der Waals surface area contributed by atoms with Crippen molar-refractivity contribution in [2.75, 3.05) is 20.8 Å². The van der Waals surface area contributed by atoms with Crippen LogP contribution in [0.3, 0.4) is 0 Å². The van der Waals surface area contributed by atoms with Crippen molar-refractivity contribution < 1.29 is 53.4 Å². The predicted octanol–water partition coefficient (Wildman–Crippen LogP) is 7.79. The molecule has 3 fully saturated rings. The second kappa shape index (κ2) is 24.5. The van der Waals surface area contributed by atoms with E-state index in [0.29, 0.717) is 56.9 Å². The molecule has 3 heterocycles. The topological polar surface area (TPSA) is 169 Å². The standard InChI is InChI=1S/C52H81NO11/c1-31-17-13-12-14-18-32(2)45(61-10)29-41-22-20-37(7)52(60,64-41)49(57)50(58)53-24-16-15-19-42(53)51(59)63-46(35(5)27-40-21-23-43(54)47(28-40)62-11)30-44(55)34(4)26-36(6)48(56)39(9)38(8)33(3)25-31/h12-14,17-18,26,31,33-35,37,39-43,45-48,54,56,60H,8,15-16,19-25,27-30H2,1-7,9-11H3/b14-12+,17-13+,32-18+,36-26+/t31-,33-,34-,35-,37-,39+,40+,41+,42+,43-,45+,46+,47-,48-,52-/m1/s1. The fourth-order valence-corrected chi connectivity index (χ4v) is 10.3. The zero-order valence-corrected chi connectivity index (χ0v) is 40.5. The van der Waals surface area contributed by atoms with Gasteiger partial charge in [-0.05, 0) is 113 Å². The molecular formula is C52H81NO11. The van der Waals surface area contributed by atoms with Gasteiger partial charge < -0.3 is 39.2 Å². The van der Waals surface area contributed by atoms with Gasteiger partial charge in [-0.1, -0.05) is 90.2 Å². The number of cyclic esters (lactones) is 1. The van der Waals surface area contributed by atoms with Crippen molar-refractivity contribution in [3.05, 3.63) is 59.8 Å². The number of ether oxygens (including phenoxy) is 4. The van der Waals surface area contributed by atoms with Crippen LogP contribution in [0.25, 0.3) is 0 Å². The molecule has 0 unspecified atom stereocenters. The van der Waals surface area contributed by atoms with E-state index in [1.807, 2.05) is 52.0 Å². The van der Waals surface area contributed by atoms with Crippen molar-refractivity contribution in [2.24, 2.45) is 41.4 Å². The summed E-state index contributed by atoms with van der Waals surface area (Å²) in [4.78, 5) is 58.1. The van der Waals surface area contributed by atoms with Gasteiger partial charge in [0.1, 0.15) is 17.9 Å². The molecule has 4 rings (SSSR count). The van der Waals surface area contributed by atoms with Gasteiger partial charge in [-0.2, -0.15) is 0 Å². The predicted molar refractivity (Wildman–Crippen MR) is 248 cm³/mol. The Morgan fingerprint density at radius 3 is 2.30 bits per heavy atom. The lowest BCUT2D eigenvalue weighted by Crippen LogP contribution is -2.61. The lowest BCUT2D eigenvalue weighted by molar-refractivity contribution is -0.265. The molecule has 12 nitrogen and oxygen atoms in total. The maximum atomic E-state index is 14.4. The van der Waals surface area contributed by atoms with Gasteiger partial charge in [0.15, 0.2) is 0 Å². The van der Waals surface area contributed by atoms with E-state index in [1.54, 1.807) is 34.1 Å². The van der Waals surface area contributed by atoms with E-state index in [-0.39, 0.29) is 67.0 Å². The fourth-order valence-electron chi connectivity index (χ4n) is 10.3. The van der Waals surface area contributed by atoms with Crippen LogP contribution in [-0.2, 0) is 38.1 Å². The number of ketones is 2. The first-order valence-corrected chi connectivity index (χ1v) is 24.0. The SMILES string of the molecule is C=C1[C@H](C)C[C@H](C)/C=C/C=C/C=C(\C)[C@@H](OC)C[C@@H]2CC[C@@H](C)[C@@](O)(O2)C(=O)C(=O)N2CCCC[C@H]2C(=O)O[C@H]([C@H](C)C[C@@H]2CC[C@@H](O)[C@H](OC)C2)CC(=O)[C@H](C)/C=C(\C)[C@@H](O)[C@H]1C.